The second-order valence-electron chi connectivity index (χ2n) is 7.64. The molecule has 2 amide bonds. The number of hydrogen-bond donors (Lipinski definition) is 1. The van der Waals surface area contributed by atoms with Crippen LogP contribution < -0.4 is 10.1 Å². The first-order valence-corrected chi connectivity index (χ1v) is 11.7. The molecule has 0 radical (unpaired) electrons. The average molecular weight is 429 g/mol. The predicted molar refractivity (Wildman–Crippen MR) is 109 cm³/mol. The van der Waals surface area contributed by atoms with Gasteiger partial charge in [0, 0.05) is 37.8 Å². The van der Waals surface area contributed by atoms with Crippen molar-refractivity contribution in [3.63, 3.8) is 0 Å². The van der Waals surface area contributed by atoms with Crippen LogP contribution in [0.3, 0.4) is 0 Å². The Labute approximate surface area is 175 Å². The normalized spacial score (nSPS) is 22.8. The molecule has 30 heavy (non-hydrogen) atoms. The molecule has 1 N–H and O–H groups in total. The molecule has 2 fully saturated rings. The Hall–Kier alpha value is -2.94. The van der Waals surface area contributed by atoms with Crippen molar-refractivity contribution in [3.8, 4) is 11.6 Å². The van der Waals surface area contributed by atoms with Gasteiger partial charge in [-0.1, -0.05) is 18.2 Å². The molecule has 0 bridgehead atoms. The van der Waals surface area contributed by atoms with Crippen LogP contribution in [-0.4, -0.2) is 54.2 Å². The number of nitrogens with zero attached hydrogens (tertiary/aromatic N) is 2. The van der Waals surface area contributed by atoms with E-state index in [0.717, 1.165) is 5.56 Å². The van der Waals surface area contributed by atoms with E-state index in [1.165, 1.54) is 0 Å². The molecule has 3 heterocycles. The van der Waals surface area contributed by atoms with Crippen LogP contribution in [0.5, 0.6) is 11.6 Å². The maximum atomic E-state index is 12.6. The van der Waals surface area contributed by atoms with Gasteiger partial charge in [0.2, 0.25) is 17.7 Å². The number of amides is 2. The molecular formula is C21H23N3O5S. The smallest absolute Gasteiger partial charge is 0.225 e. The molecule has 9 heteroatoms. The Morgan fingerprint density at radius 3 is 2.77 bits per heavy atom. The highest BCUT2D eigenvalue weighted by Gasteiger charge is 2.41. The van der Waals surface area contributed by atoms with Crippen LogP contribution in [0.1, 0.15) is 18.4 Å². The zero-order valence-corrected chi connectivity index (χ0v) is 17.2. The standard InChI is InChI=1S/C21H23N3O5S/c25-20-11-16(13-24(20)17-7-9-30(27,28)14-17)21(26)23-12-15-6-8-22-19(10-15)29-18-4-2-1-3-5-18/h1-6,8,10,16-17H,7,9,11-14H2,(H,23,26)/t16-,17-/m0/s1. The highest BCUT2D eigenvalue weighted by molar-refractivity contribution is 7.91. The Morgan fingerprint density at radius 1 is 1.23 bits per heavy atom. The predicted octanol–water partition coefficient (Wildman–Crippen LogP) is 1.53. The topological polar surface area (TPSA) is 106 Å². The number of sulfone groups is 1. The third kappa shape index (κ3) is 4.79. The van der Waals surface area contributed by atoms with Gasteiger partial charge in [-0.3, -0.25) is 9.59 Å². The number of hydrogen-bond acceptors (Lipinski definition) is 6. The van der Waals surface area contributed by atoms with Crippen LogP contribution in [0.25, 0.3) is 0 Å². The number of carbonyl (C=O) groups excluding carboxylic acids is 2. The number of likely N-dealkylation sites (tertiary alicyclic amines) is 1. The molecular weight excluding hydrogens is 406 g/mol. The van der Waals surface area contributed by atoms with Gasteiger partial charge in [-0.15, -0.1) is 0 Å². The number of ether oxygens (including phenoxy) is 1. The lowest BCUT2D eigenvalue weighted by Crippen LogP contribution is -2.39. The van der Waals surface area contributed by atoms with Crippen LogP contribution in [0, 0.1) is 5.92 Å². The molecule has 8 nitrogen and oxygen atoms in total. The van der Waals surface area contributed by atoms with E-state index in [2.05, 4.69) is 10.3 Å². The molecule has 1 aromatic heterocycles. The maximum absolute atomic E-state index is 12.6. The zero-order chi connectivity index (χ0) is 21.1. The van der Waals surface area contributed by atoms with Gasteiger partial charge in [0.25, 0.3) is 0 Å². The molecule has 4 rings (SSSR count). The van der Waals surface area contributed by atoms with Crippen molar-refractivity contribution in [2.24, 2.45) is 5.92 Å². The summed E-state index contributed by atoms with van der Waals surface area (Å²) >= 11 is 0. The largest absolute Gasteiger partial charge is 0.439 e. The van der Waals surface area contributed by atoms with Crippen molar-refractivity contribution >= 4 is 21.7 Å². The van der Waals surface area contributed by atoms with E-state index < -0.39 is 15.8 Å². The fourth-order valence-electron chi connectivity index (χ4n) is 3.84. The van der Waals surface area contributed by atoms with Gasteiger partial charge in [0.15, 0.2) is 9.84 Å². The second-order valence-corrected chi connectivity index (χ2v) is 9.87. The van der Waals surface area contributed by atoms with Crippen molar-refractivity contribution in [1.29, 1.82) is 0 Å². The summed E-state index contributed by atoms with van der Waals surface area (Å²) in [6.07, 6.45) is 2.17. The number of nitrogens with one attached hydrogen (secondary N) is 1. The minimum Gasteiger partial charge on any atom is -0.439 e. The van der Waals surface area contributed by atoms with E-state index in [1.807, 2.05) is 30.3 Å². The second kappa shape index (κ2) is 8.43. The lowest BCUT2D eigenvalue weighted by atomic mass is 10.1. The van der Waals surface area contributed by atoms with Crippen molar-refractivity contribution < 1.29 is 22.7 Å². The van der Waals surface area contributed by atoms with Crippen LogP contribution in [0.4, 0.5) is 0 Å². The molecule has 0 spiro atoms. The van der Waals surface area contributed by atoms with Gasteiger partial charge in [0.1, 0.15) is 5.75 Å². The molecule has 0 unspecified atom stereocenters. The van der Waals surface area contributed by atoms with E-state index >= 15 is 0 Å². The number of benzene rings is 1. The molecule has 2 atom stereocenters. The summed E-state index contributed by atoms with van der Waals surface area (Å²) in [5, 5.41) is 2.86. The third-order valence-corrected chi connectivity index (χ3v) is 7.16. The van der Waals surface area contributed by atoms with Crippen LogP contribution in [0.15, 0.2) is 48.7 Å². The monoisotopic (exact) mass is 429 g/mol. The van der Waals surface area contributed by atoms with Gasteiger partial charge >= 0.3 is 0 Å². The first-order chi connectivity index (χ1) is 14.4. The minimum atomic E-state index is -3.08. The third-order valence-electron chi connectivity index (χ3n) is 5.41. The van der Waals surface area contributed by atoms with Gasteiger partial charge < -0.3 is 15.0 Å². The SMILES string of the molecule is O=C(NCc1ccnc(Oc2ccccc2)c1)[C@H]1CC(=O)N([C@H]2CCS(=O)(=O)C2)C1. The number of rotatable bonds is 6. The average Bonchev–Trinajstić information content (AvgIpc) is 3.29. The van der Waals surface area contributed by atoms with Crippen molar-refractivity contribution in [2.45, 2.75) is 25.4 Å². The van der Waals surface area contributed by atoms with E-state index in [4.69, 9.17) is 4.74 Å². The van der Waals surface area contributed by atoms with Crippen LogP contribution >= 0.6 is 0 Å². The Morgan fingerprint density at radius 2 is 2.03 bits per heavy atom. The zero-order valence-electron chi connectivity index (χ0n) is 16.4. The molecule has 2 saturated heterocycles. The number of para-hydroxylation sites is 1. The first kappa shape index (κ1) is 20.3. The Kier molecular flexibility index (Phi) is 5.72. The molecule has 1 aromatic carbocycles. The molecule has 0 aliphatic carbocycles. The van der Waals surface area contributed by atoms with Gasteiger partial charge in [-0.2, -0.15) is 0 Å². The summed E-state index contributed by atoms with van der Waals surface area (Å²) in [7, 11) is -3.08. The molecule has 2 aromatic rings. The lowest BCUT2D eigenvalue weighted by molar-refractivity contribution is -0.130. The van der Waals surface area contributed by atoms with Crippen LogP contribution in [0.2, 0.25) is 0 Å². The summed E-state index contributed by atoms with van der Waals surface area (Å²) < 4.78 is 29.1. The molecule has 158 valence electrons. The molecule has 2 aliphatic rings. The minimum absolute atomic E-state index is 0.00567. The summed E-state index contributed by atoms with van der Waals surface area (Å²) in [6, 6.07) is 12.5. The van der Waals surface area contributed by atoms with Crippen molar-refractivity contribution in [3.05, 3.63) is 54.2 Å². The quantitative estimate of drug-likeness (QED) is 0.747. The fraction of sp³-hybridized carbons (Fsp3) is 0.381. The Balaban J connectivity index is 1.32. The van der Waals surface area contributed by atoms with E-state index in [1.54, 1.807) is 23.2 Å². The van der Waals surface area contributed by atoms with E-state index in [0.29, 0.717) is 18.1 Å². The van der Waals surface area contributed by atoms with Gasteiger partial charge in [-0.25, -0.2) is 13.4 Å². The molecule has 0 saturated carbocycles. The summed E-state index contributed by atoms with van der Waals surface area (Å²) in [5.74, 6) is 0.362. The van der Waals surface area contributed by atoms with Crippen molar-refractivity contribution in [2.75, 3.05) is 18.1 Å². The summed E-state index contributed by atoms with van der Waals surface area (Å²) in [4.78, 5) is 30.6. The maximum Gasteiger partial charge on any atom is 0.225 e. The first-order valence-electron chi connectivity index (χ1n) is 9.85. The summed E-state index contributed by atoms with van der Waals surface area (Å²) in [5.41, 5.74) is 0.826. The van der Waals surface area contributed by atoms with E-state index in [9.17, 15) is 18.0 Å². The Bertz CT molecular complexity index is 1040. The van der Waals surface area contributed by atoms with Gasteiger partial charge in [-0.05, 0) is 30.2 Å². The fourth-order valence-corrected chi connectivity index (χ4v) is 5.57. The summed E-state index contributed by atoms with van der Waals surface area (Å²) in [6.45, 7) is 0.554. The number of pyridine rings is 1. The molecule has 2 aliphatic heterocycles. The lowest BCUT2D eigenvalue weighted by Gasteiger charge is -2.22. The van der Waals surface area contributed by atoms with Gasteiger partial charge in [0.05, 0.1) is 17.4 Å². The number of carbonyl (C=O) groups is 2. The van der Waals surface area contributed by atoms with E-state index in [-0.39, 0.29) is 48.9 Å². The highest BCUT2D eigenvalue weighted by Crippen LogP contribution is 2.26. The van der Waals surface area contributed by atoms with Crippen molar-refractivity contribution in [1.82, 2.24) is 15.2 Å². The number of aromatic nitrogens is 1. The van der Waals surface area contributed by atoms with Crippen LogP contribution in [-0.2, 0) is 26.0 Å². The highest BCUT2D eigenvalue weighted by atomic mass is 32.2.